The Morgan fingerprint density at radius 3 is 2.57 bits per heavy atom. The average Bonchev–Trinajstić information content (AvgIpc) is 2.18. The van der Waals surface area contributed by atoms with Gasteiger partial charge in [-0.15, -0.1) is 6.42 Å². The number of hydrogen-bond acceptors (Lipinski definition) is 2. The van der Waals surface area contributed by atoms with Gasteiger partial charge < -0.3 is 4.74 Å². The topological polar surface area (TPSA) is 33.0 Å². The van der Waals surface area contributed by atoms with Gasteiger partial charge in [-0.1, -0.05) is 18.1 Å². The molecule has 2 nitrogen and oxygen atoms in total. The zero-order chi connectivity index (χ0) is 10.6. The van der Waals surface area contributed by atoms with Crippen molar-refractivity contribution in [2.75, 3.05) is 0 Å². The van der Waals surface area contributed by atoms with E-state index in [0.717, 1.165) is 0 Å². The summed E-state index contributed by atoms with van der Waals surface area (Å²) >= 11 is 0. The van der Waals surface area contributed by atoms with Gasteiger partial charge in [0, 0.05) is 0 Å². The molecule has 0 aliphatic carbocycles. The Morgan fingerprint density at radius 2 is 2.00 bits per heavy atom. The second-order valence-corrected chi connectivity index (χ2v) is 3.36. The molecule has 0 amide bonds. The molecule has 0 spiro atoms. The highest BCUT2D eigenvalue weighted by Gasteiger charge is 2.17. The van der Waals surface area contributed by atoms with Crippen LogP contribution >= 0.6 is 0 Å². The molecule has 1 aromatic carbocycles. The summed E-state index contributed by atoms with van der Waals surface area (Å²) in [5.74, 6) is 3.04. The van der Waals surface area contributed by atoms with Gasteiger partial charge in [0.15, 0.2) is 5.60 Å². The third kappa shape index (κ3) is 2.28. The lowest BCUT2D eigenvalue weighted by atomic mass is 10.1. The van der Waals surface area contributed by atoms with Gasteiger partial charge in [0.1, 0.15) is 11.8 Å². The lowest BCUT2D eigenvalue weighted by Gasteiger charge is -2.20. The molecular weight excluding hydrogens is 174 g/mol. The molecule has 1 aromatic rings. The zero-order valence-electron chi connectivity index (χ0n) is 8.24. The summed E-state index contributed by atoms with van der Waals surface area (Å²) < 4.78 is 5.51. The van der Waals surface area contributed by atoms with Gasteiger partial charge in [0.05, 0.1) is 5.56 Å². The summed E-state index contributed by atoms with van der Waals surface area (Å²) in [6.07, 6.45) is 5.29. The number of terminal acetylenes is 1. The van der Waals surface area contributed by atoms with E-state index in [1.165, 1.54) is 0 Å². The van der Waals surface area contributed by atoms with Crippen molar-refractivity contribution in [2.24, 2.45) is 0 Å². The van der Waals surface area contributed by atoms with Crippen molar-refractivity contribution in [3.05, 3.63) is 29.8 Å². The van der Waals surface area contributed by atoms with E-state index in [4.69, 9.17) is 16.4 Å². The van der Waals surface area contributed by atoms with Gasteiger partial charge in [-0.25, -0.2) is 0 Å². The van der Waals surface area contributed by atoms with Crippen LogP contribution in [-0.2, 0) is 0 Å². The van der Waals surface area contributed by atoms with Crippen molar-refractivity contribution in [2.45, 2.75) is 19.4 Å². The van der Waals surface area contributed by atoms with Gasteiger partial charge in [-0.3, -0.25) is 0 Å². The number of rotatable bonds is 2. The fourth-order valence-corrected chi connectivity index (χ4v) is 0.952. The Bertz CT molecular complexity index is 407. The summed E-state index contributed by atoms with van der Waals surface area (Å²) in [6.45, 7) is 3.56. The highest BCUT2D eigenvalue weighted by molar-refractivity contribution is 5.43. The first-order chi connectivity index (χ1) is 6.59. The number of nitrogens with zero attached hydrogens (tertiary/aromatic N) is 1. The van der Waals surface area contributed by atoms with Crippen LogP contribution < -0.4 is 4.74 Å². The standard InChI is InChI=1S/C12H11NO/c1-4-12(2,3)14-11-8-6-5-7-10(11)9-13/h1,5-8H,2-3H3. The van der Waals surface area contributed by atoms with E-state index >= 15 is 0 Å². The second-order valence-electron chi connectivity index (χ2n) is 3.36. The average molecular weight is 185 g/mol. The summed E-state index contributed by atoms with van der Waals surface area (Å²) in [5, 5.41) is 8.81. The van der Waals surface area contributed by atoms with Gasteiger partial charge in [0.25, 0.3) is 0 Å². The third-order valence-corrected chi connectivity index (χ3v) is 1.72. The van der Waals surface area contributed by atoms with Crippen molar-refractivity contribution < 1.29 is 4.74 Å². The van der Waals surface area contributed by atoms with E-state index in [0.29, 0.717) is 11.3 Å². The zero-order valence-corrected chi connectivity index (χ0v) is 8.24. The van der Waals surface area contributed by atoms with Gasteiger partial charge in [-0.2, -0.15) is 5.26 Å². The second kappa shape index (κ2) is 3.85. The summed E-state index contributed by atoms with van der Waals surface area (Å²) in [5.41, 5.74) is -0.191. The van der Waals surface area contributed by atoms with Crippen molar-refractivity contribution in [1.82, 2.24) is 0 Å². The molecule has 0 fully saturated rings. The maximum atomic E-state index is 8.81. The first kappa shape index (κ1) is 10.2. The van der Waals surface area contributed by atoms with E-state index in [1.54, 1.807) is 32.0 Å². The van der Waals surface area contributed by atoms with E-state index in [-0.39, 0.29) is 0 Å². The van der Waals surface area contributed by atoms with Crippen LogP contribution in [0.4, 0.5) is 0 Å². The SMILES string of the molecule is C#CC(C)(C)Oc1ccccc1C#N. The highest BCUT2D eigenvalue weighted by Crippen LogP contribution is 2.21. The summed E-state index contributed by atoms with van der Waals surface area (Å²) in [6, 6.07) is 9.07. The molecule has 0 atom stereocenters. The molecule has 70 valence electrons. The van der Waals surface area contributed by atoms with Crippen LogP contribution in [-0.4, -0.2) is 5.60 Å². The van der Waals surface area contributed by atoms with Crippen LogP contribution in [0.15, 0.2) is 24.3 Å². The van der Waals surface area contributed by atoms with E-state index in [2.05, 4.69) is 5.92 Å². The molecule has 1 rings (SSSR count). The Labute approximate surface area is 84.1 Å². The summed E-state index contributed by atoms with van der Waals surface area (Å²) in [7, 11) is 0. The predicted molar refractivity (Wildman–Crippen MR) is 54.7 cm³/mol. The van der Waals surface area contributed by atoms with E-state index in [1.807, 2.05) is 12.1 Å². The number of ether oxygens (including phenoxy) is 1. The fourth-order valence-electron chi connectivity index (χ4n) is 0.952. The first-order valence-electron chi connectivity index (χ1n) is 4.25. The molecule has 0 saturated heterocycles. The normalized spacial score (nSPS) is 10.0. The Hall–Kier alpha value is -1.93. The largest absolute Gasteiger partial charge is 0.474 e. The lowest BCUT2D eigenvalue weighted by Crippen LogP contribution is -2.25. The maximum Gasteiger partial charge on any atom is 0.163 e. The number of para-hydroxylation sites is 1. The van der Waals surface area contributed by atoms with Gasteiger partial charge in [-0.05, 0) is 26.0 Å². The Morgan fingerprint density at radius 1 is 1.36 bits per heavy atom. The van der Waals surface area contributed by atoms with Crippen LogP contribution in [0, 0.1) is 23.7 Å². The predicted octanol–water partition coefficient (Wildman–Crippen LogP) is 2.35. The monoisotopic (exact) mass is 185 g/mol. The molecule has 2 heteroatoms. The van der Waals surface area contributed by atoms with Crippen LogP contribution in [0.3, 0.4) is 0 Å². The van der Waals surface area contributed by atoms with Gasteiger partial charge >= 0.3 is 0 Å². The van der Waals surface area contributed by atoms with Crippen molar-refractivity contribution in [3.8, 4) is 24.2 Å². The molecule has 0 unspecified atom stereocenters. The Balaban J connectivity index is 3.00. The van der Waals surface area contributed by atoms with Crippen molar-refractivity contribution in [3.63, 3.8) is 0 Å². The molecule has 0 heterocycles. The third-order valence-electron chi connectivity index (χ3n) is 1.72. The molecule has 0 aliphatic heterocycles. The summed E-state index contributed by atoms with van der Waals surface area (Å²) in [4.78, 5) is 0. The van der Waals surface area contributed by atoms with Crippen LogP contribution in [0.2, 0.25) is 0 Å². The molecule has 0 radical (unpaired) electrons. The minimum Gasteiger partial charge on any atom is -0.474 e. The number of benzene rings is 1. The molecule has 0 aliphatic rings. The van der Waals surface area contributed by atoms with E-state index < -0.39 is 5.60 Å². The fraction of sp³-hybridized carbons (Fsp3) is 0.250. The molecular formula is C12H11NO. The Kier molecular flexibility index (Phi) is 2.79. The quantitative estimate of drug-likeness (QED) is 0.662. The number of nitriles is 1. The highest BCUT2D eigenvalue weighted by atomic mass is 16.5. The minimum absolute atomic E-state index is 0.496. The molecule has 0 bridgehead atoms. The molecule has 0 aromatic heterocycles. The molecule has 0 saturated carbocycles. The van der Waals surface area contributed by atoms with Gasteiger partial charge in [0.2, 0.25) is 0 Å². The van der Waals surface area contributed by atoms with Crippen LogP contribution in [0.5, 0.6) is 5.75 Å². The molecule has 14 heavy (non-hydrogen) atoms. The van der Waals surface area contributed by atoms with Crippen molar-refractivity contribution >= 4 is 0 Å². The van der Waals surface area contributed by atoms with E-state index in [9.17, 15) is 0 Å². The molecule has 0 N–H and O–H groups in total. The first-order valence-corrected chi connectivity index (χ1v) is 4.25. The maximum absolute atomic E-state index is 8.81. The smallest absolute Gasteiger partial charge is 0.163 e. The van der Waals surface area contributed by atoms with Crippen LogP contribution in [0.1, 0.15) is 19.4 Å². The van der Waals surface area contributed by atoms with Crippen molar-refractivity contribution in [1.29, 1.82) is 5.26 Å². The lowest BCUT2D eigenvalue weighted by molar-refractivity contribution is 0.172. The minimum atomic E-state index is -0.688. The number of hydrogen-bond donors (Lipinski definition) is 0. The van der Waals surface area contributed by atoms with Crippen LogP contribution in [0.25, 0.3) is 0 Å².